The van der Waals surface area contributed by atoms with Crippen LogP contribution in [0.25, 0.3) is 11.4 Å². The Morgan fingerprint density at radius 3 is 2.27 bits per heavy atom. The predicted molar refractivity (Wildman–Crippen MR) is 163 cm³/mol. The van der Waals surface area contributed by atoms with Crippen molar-refractivity contribution >= 4 is 29.7 Å². The lowest BCUT2D eigenvalue weighted by molar-refractivity contribution is -0.139. The van der Waals surface area contributed by atoms with E-state index in [1.165, 1.54) is 0 Å². The van der Waals surface area contributed by atoms with Crippen LogP contribution < -0.4 is 10.2 Å². The summed E-state index contributed by atoms with van der Waals surface area (Å²) < 4.78 is 5.32. The molecule has 2 N–H and O–H groups in total. The summed E-state index contributed by atoms with van der Waals surface area (Å²) in [7, 11) is 0. The monoisotopic (exact) mass is 606 g/mol. The molecule has 0 radical (unpaired) electrons. The van der Waals surface area contributed by atoms with Crippen LogP contribution in [0, 0.1) is 23.7 Å². The summed E-state index contributed by atoms with van der Waals surface area (Å²) in [4.78, 5) is 65.9. The van der Waals surface area contributed by atoms with Gasteiger partial charge in [0.25, 0.3) is 5.91 Å². The molecular weight excluding hydrogens is 564 g/mol. The van der Waals surface area contributed by atoms with E-state index in [0.717, 1.165) is 18.4 Å². The van der Waals surface area contributed by atoms with Gasteiger partial charge in [-0.3, -0.25) is 14.4 Å². The maximum absolute atomic E-state index is 13.7. The molecule has 2 aromatic rings. The minimum Gasteiger partial charge on any atom is -0.481 e. The van der Waals surface area contributed by atoms with Gasteiger partial charge in [0.1, 0.15) is 17.6 Å². The second kappa shape index (κ2) is 13.6. The highest BCUT2D eigenvalue weighted by Gasteiger charge is 2.60. The number of aromatic nitrogens is 2. The number of nitrogens with zero attached hydrogens (tertiary/aromatic N) is 5. The fourth-order valence-corrected chi connectivity index (χ4v) is 6.16. The average molecular weight is 607 g/mol. The van der Waals surface area contributed by atoms with Crippen molar-refractivity contribution < 1.29 is 29.0 Å². The Hall–Kier alpha value is -4.22. The van der Waals surface area contributed by atoms with Gasteiger partial charge >= 0.3 is 12.1 Å². The number of fused-ring (bicyclic) bond motifs is 1. The Labute approximate surface area is 257 Å². The number of carboxylic acids is 1. The van der Waals surface area contributed by atoms with Gasteiger partial charge in [-0.25, -0.2) is 14.8 Å². The highest BCUT2D eigenvalue weighted by molar-refractivity contribution is 5.97. The minimum atomic E-state index is -0.764. The van der Waals surface area contributed by atoms with Gasteiger partial charge in [-0.2, -0.15) is 0 Å². The van der Waals surface area contributed by atoms with E-state index in [0.29, 0.717) is 63.9 Å². The van der Waals surface area contributed by atoms with Crippen LogP contribution in [0.15, 0.2) is 36.4 Å². The number of nitrogens with one attached hydrogen (secondary N) is 1. The molecule has 1 saturated carbocycles. The molecule has 3 aliphatic rings. The van der Waals surface area contributed by atoms with Crippen molar-refractivity contribution in [2.45, 2.75) is 46.1 Å². The number of ether oxygens (including phenoxy) is 1. The number of piperidine rings is 1. The Bertz CT molecular complexity index is 1350. The smallest absolute Gasteiger partial charge is 0.409 e. The van der Waals surface area contributed by atoms with Gasteiger partial charge in [0.05, 0.1) is 12.5 Å². The van der Waals surface area contributed by atoms with Gasteiger partial charge in [0.15, 0.2) is 5.82 Å². The van der Waals surface area contributed by atoms with Crippen molar-refractivity contribution in [2.24, 2.45) is 23.7 Å². The van der Waals surface area contributed by atoms with Crippen LogP contribution in [0.1, 0.15) is 50.5 Å². The standard InChI is InChI=1S/C32H42N6O6/c1-4-5-15-44-32(43)37-13-11-36(12-14-37)30(40)25(16-20(2)3)34-29(39)24-17-26(35-28(33-24)21-9-7-6-8-10-21)38-18-22-23(19-38)27(22)31(41)42/h6-10,17,20,22-23,25,27H,4-5,11-16,18-19H2,1-3H3,(H,34,39)(H,41,42)/t22-,23+,25-,27?/m0/s1. The summed E-state index contributed by atoms with van der Waals surface area (Å²) in [5.74, 6) is -0.510. The van der Waals surface area contributed by atoms with E-state index < -0.39 is 17.9 Å². The second-order valence-corrected chi connectivity index (χ2v) is 12.3. The van der Waals surface area contributed by atoms with Crippen LogP contribution in [0.5, 0.6) is 0 Å². The van der Waals surface area contributed by atoms with Crippen molar-refractivity contribution in [3.05, 3.63) is 42.1 Å². The normalized spacial score (nSPS) is 21.5. The molecule has 4 atom stereocenters. The summed E-state index contributed by atoms with van der Waals surface area (Å²) in [6.07, 6.45) is 1.83. The van der Waals surface area contributed by atoms with E-state index in [1.807, 2.05) is 56.0 Å². The van der Waals surface area contributed by atoms with E-state index in [-0.39, 0.29) is 41.4 Å². The molecule has 0 spiro atoms. The van der Waals surface area contributed by atoms with Crippen molar-refractivity contribution in [2.75, 3.05) is 50.8 Å². The van der Waals surface area contributed by atoms with Crippen LogP contribution in [-0.2, 0) is 14.3 Å². The summed E-state index contributed by atoms with van der Waals surface area (Å²) in [5.41, 5.74) is 0.891. The number of aliphatic carboxylic acids is 1. The highest BCUT2D eigenvalue weighted by atomic mass is 16.6. The third kappa shape index (κ3) is 7.11. The molecule has 5 rings (SSSR count). The Balaban J connectivity index is 1.30. The lowest BCUT2D eigenvalue weighted by Crippen LogP contribution is -2.56. The van der Waals surface area contributed by atoms with Crippen LogP contribution in [0.3, 0.4) is 0 Å². The van der Waals surface area contributed by atoms with Gasteiger partial charge in [-0.1, -0.05) is 57.5 Å². The van der Waals surface area contributed by atoms with Gasteiger partial charge in [-0.05, 0) is 30.6 Å². The fraction of sp³-hybridized carbons (Fsp3) is 0.562. The molecule has 12 heteroatoms. The molecule has 0 bridgehead atoms. The Morgan fingerprint density at radius 1 is 1.00 bits per heavy atom. The van der Waals surface area contributed by atoms with Gasteiger partial charge in [0.2, 0.25) is 5.91 Å². The lowest BCUT2D eigenvalue weighted by Gasteiger charge is -2.36. The zero-order valence-electron chi connectivity index (χ0n) is 25.6. The molecule has 2 aliphatic heterocycles. The molecule has 3 amide bonds. The molecule has 1 aromatic carbocycles. The van der Waals surface area contributed by atoms with Crippen LogP contribution >= 0.6 is 0 Å². The summed E-state index contributed by atoms with van der Waals surface area (Å²) in [5, 5.41) is 12.4. The second-order valence-electron chi connectivity index (χ2n) is 12.3. The molecule has 1 unspecified atom stereocenters. The number of piperazine rings is 1. The molecule has 236 valence electrons. The number of amides is 3. The van der Waals surface area contributed by atoms with Crippen molar-refractivity contribution in [3.63, 3.8) is 0 Å². The topological polar surface area (TPSA) is 145 Å². The van der Waals surface area contributed by atoms with Crippen LogP contribution in [0.2, 0.25) is 0 Å². The molecule has 3 heterocycles. The molecule has 1 aromatic heterocycles. The summed E-state index contributed by atoms with van der Waals surface area (Å²) in [6, 6.07) is 10.2. The number of benzene rings is 1. The first-order valence-corrected chi connectivity index (χ1v) is 15.6. The van der Waals surface area contributed by atoms with Crippen LogP contribution in [0.4, 0.5) is 10.6 Å². The molecule has 3 fully saturated rings. The number of hydrogen-bond donors (Lipinski definition) is 2. The maximum Gasteiger partial charge on any atom is 0.409 e. The first-order chi connectivity index (χ1) is 21.2. The maximum atomic E-state index is 13.7. The number of carbonyl (C=O) groups excluding carboxylic acids is 3. The first-order valence-electron chi connectivity index (χ1n) is 15.6. The molecule has 44 heavy (non-hydrogen) atoms. The van der Waals surface area contributed by atoms with E-state index >= 15 is 0 Å². The summed E-state index contributed by atoms with van der Waals surface area (Å²) >= 11 is 0. The van der Waals surface area contributed by atoms with E-state index in [4.69, 9.17) is 9.72 Å². The number of unbranched alkanes of at least 4 members (excludes halogenated alkanes) is 1. The van der Waals surface area contributed by atoms with Gasteiger partial charge < -0.3 is 29.9 Å². The van der Waals surface area contributed by atoms with Gasteiger partial charge in [0, 0.05) is 50.9 Å². The third-order valence-electron chi connectivity index (χ3n) is 8.66. The first kappa shape index (κ1) is 31.2. The third-order valence-corrected chi connectivity index (χ3v) is 8.66. The quantitative estimate of drug-likeness (QED) is 0.369. The van der Waals surface area contributed by atoms with Crippen molar-refractivity contribution in [3.8, 4) is 11.4 Å². The van der Waals surface area contributed by atoms with Crippen molar-refractivity contribution in [1.82, 2.24) is 25.1 Å². The number of hydrogen-bond acceptors (Lipinski definition) is 8. The number of rotatable bonds is 11. The largest absolute Gasteiger partial charge is 0.481 e. The van der Waals surface area contributed by atoms with E-state index in [9.17, 15) is 24.3 Å². The van der Waals surface area contributed by atoms with E-state index in [2.05, 4.69) is 10.3 Å². The SMILES string of the molecule is CCCCOC(=O)N1CCN(C(=O)[C@H](CC(C)C)NC(=O)c2cc(N3C[C@@H]4C(C(=O)O)[C@@H]4C3)nc(-c3ccccc3)n2)CC1. The Morgan fingerprint density at radius 2 is 1.66 bits per heavy atom. The molecule has 2 saturated heterocycles. The molecule has 1 aliphatic carbocycles. The number of anilines is 1. The Kier molecular flexibility index (Phi) is 9.65. The number of carbonyl (C=O) groups is 4. The zero-order chi connectivity index (χ0) is 31.4. The average Bonchev–Trinajstić information content (AvgIpc) is 3.54. The predicted octanol–water partition coefficient (Wildman–Crippen LogP) is 3.14. The fourth-order valence-electron chi connectivity index (χ4n) is 6.16. The molecular formula is C32H42N6O6. The minimum absolute atomic E-state index is 0.0756. The van der Waals surface area contributed by atoms with Crippen LogP contribution in [-0.4, -0.2) is 101 Å². The van der Waals surface area contributed by atoms with Crippen molar-refractivity contribution in [1.29, 1.82) is 0 Å². The molecule has 12 nitrogen and oxygen atoms in total. The lowest BCUT2D eigenvalue weighted by atomic mass is 10.0. The van der Waals surface area contributed by atoms with E-state index in [1.54, 1.807) is 15.9 Å². The van der Waals surface area contributed by atoms with Gasteiger partial charge in [-0.15, -0.1) is 0 Å². The summed E-state index contributed by atoms with van der Waals surface area (Å²) in [6.45, 7) is 8.98. The number of carboxylic acid groups (broad SMARTS) is 1. The highest BCUT2D eigenvalue weighted by Crippen LogP contribution is 2.52. The zero-order valence-corrected chi connectivity index (χ0v) is 25.6.